The molecular weight excluding hydrogens is 482 g/mol. The fraction of sp³-hybridized carbons (Fsp3) is 0.556. The van der Waals surface area contributed by atoms with Gasteiger partial charge in [0.25, 0.3) is 0 Å². The Morgan fingerprint density at radius 2 is 1.68 bits per heavy atom. The van der Waals surface area contributed by atoms with E-state index >= 15 is 0 Å². The maximum absolute atomic E-state index is 5.64. The van der Waals surface area contributed by atoms with Gasteiger partial charge in [0.1, 0.15) is 5.82 Å². The van der Waals surface area contributed by atoms with Gasteiger partial charge in [-0.3, -0.25) is 4.90 Å². The molecule has 3 aromatic heterocycles. The number of imidazole rings is 2. The first kappa shape index (κ1) is 23.8. The van der Waals surface area contributed by atoms with Crippen molar-refractivity contribution < 1.29 is 9.47 Å². The lowest BCUT2D eigenvalue weighted by Crippen LogP contribution is -2.50. The fourth-order valence-electron chi connectivity index (χ4n) is 6.14. The van der Waals surface area contributed by atoms with Crippen molar-refractivity contribution in [3.63, 3.8) is 0 Å². The Kier molecular flexibility index (Phi) is 6.13. The zero-order valence-corrected chi connectivity index (χ0v) is 22.1. The molecule has 7 rings (SSSR count). The van der Waals surface area contributed by atoms with Crippen LogP contribution in [0.5, 0.6) is 0 Å². The van der Waals surface area contributed by atoms with Gasteiger partial charge in [-0.05, 0) is 36.8 Å². The van der Waals surface area contributed by atoms with Crippen molar-refractivity contribution in [1.82, 2.24) is 34.0 Å². The Morgan fingerprint density at radius 3 is 2.47 bits per heavy atom. The van der Waals surface area contributed by atoms with Crippen LogP contribution in [0.2, 0.25) is 0 Å². The first-order valence-electron chi connectivity index (χ1n) is 13.7. The largest absolute Gasteiger partial charge is 0.381 e. The maximum atomic E-state index is 5.64. The van der Waals surface area contributed by atoms with Crippen molar-refractivity contribution in [2.24, 2.45) is 18.9 Å². The third kappa shape index (κ3) is 4.09. The smallest absolute Gasteiger partial charge is 0.241 e. The molecule has 0 bridgehead atoms. The van der Waals surface area contributed by atoms with Crippen LogP contribution in [-0.2, 0) is 23.1 Å². The minimum atomic E-state index is 0.593. The van der Waals surface area contributed by atoms with E-state index in [0.717, 1.165) is 91.6 Å². The number of aromatic nitrogens is 6. The molecule has 0 amide bonds. The molecule has 11 nitrogen and oxygen atoms in total. The monoisotopic (exact) mass is 517 g/mol. The van der Waals surface area contributed by atoms with E-state index in [4.69, 9.17) is 29.4 Å². The molecule has 3 fully saturated rings. The number of fused-ring (bicyclic) bond motifs is 2. The second-order valence-electron chi connectivity index (χ2n) is 10.6. The zero-order valence-electron chi connectivity index (χ0n) is 22.1. The average Bonchev–Trinajstić information content (AvgIpc) is 3.48. The van der Waals surface area contributed by atoms with Gasteiger partial charge in [0.15, 0.2) is 17.0 Å². The highest BCUT2D eigenvalue weighted by Gasteiger charge is 2.35. The molecule has 1 N–H and O–H groups in total. The third-order valence-electron chi connectivity index (χ3n) is 8.36. The van der Waals surface area contributed by atoms with Crippen LogP contribution in [0.15, 0.2) is 24.3 Å². The number of rotatable bonds is 6. The van der Waals surface area contributed by atoms with E-state index in [2.05, 4.69) is 32.8 Å². The first-order valence-corrected chi connectivity index (χ1v) is 13.7. The molecule has 0 saturated carbocycles. The molecule has 1 aromatic carbocycles. The predicted molar refractivity (Wildman–Crippen MR) is 146 cm³/mol. The van der Waals surface area contributed by atoms with Crippen molar-refractivity contribution in [3.05, 3.63) is 30.1 Å². The number of morpholine rings is 1. The van der Waals surface area contributed by atoms with Gasteiger partial charge in [-0.2, -0.15) is 9.97 Å². The van der Waals surface area contributed by atoms with Gasteiger partial charge in [0.2, 0.25) is 11.9 Å². The molecule has 200 valence electrons. The molecule has 11 heteroatoms. The average molecular weight is 518 g/mol. The highest BCUT2D eigenvalue weighted by atomic mass is 16.5. The summed E-state index contributed by atoms with van der Waals surface area (Å²) in [7, 11) is 3.95. The van der Waals surface area contributed by atoms with Crippen molar-refractivity contribution in [2.75, 3.05) is 69.9 Å². The Labute approximate surface area is 221 Å². The SMILES string of the molecule is CNc1nc2ccccc2n1-c1nc(N2CCOCC2)c2nc(CN3CC(C4CCOCC4)C3)n(C)c2n1. The van der Waals surface area contributed by atoms with Gasteiger partial charge in [-0.15, -0.1) is 0 Å². The number of hydrogen-bond acceptors (Lipinski definition) is 9. The molecule has 0 aliphatic carbocycles. The molecule has 3 saturated heterocycles. The number of hydrogen-bond donors (Lipinski definition) is 1. The summed E-state index contributed by atoms with van der Waals surface area (Å²) in [5.41, 5.74) is 3.56. The van der Waals surface area contributed by atoms with Crippen LogP contribution in [0.3, 0.4) is 0 Å². The van der Waals surface area contributed by atoms with Gasteiger partial charge in [-0.25, -0.2) is 14.5 Å². The van der Waals surface area contributed by atoms with Gasteiger partial charge in [-0.1, -0.05) is 12.1 Å². The lowest BCUT2D eigenvalue weighted by Gasteiger charge is -2.44. The number of nitrogens with one attached hydrogen (secondary N) is 1. The van der Waals surface area contributed by atoms with E-state index < -0.39 is 0 Å². The number of para-hydroxylation sites is 2. The summed E-state index contributed by atoms with van der Waals surface area (Å²) in [5, 5.41) is 3.22. The van der Waals surface area contributed by atoms with Crippen LogP contribution in [0.4, 0.5) is 11.8 Å². The Hall–Kier alpha value is -3.28. The quantitative estimate of drug-likeness (QED) is 0.413. The van der Waals surface area contributed by atoms with Gasteiger partial charge < -0.3 is 24.3 Å². The van der Waals surface area contributed by atoms with E-state index in [-0.39, 0.29) is 0 Å². The molecule has 0 spiro atoms. The predicted octanol–water partition coefficient (Wildman–Crippen LogP) is 2.44. The number of anilines is 2. The van der Waals surface area contributed by atoms with Crippen molar-refractivity contribution in [1.29, 1.82) is 0 Å². The molecule has 0 unspecified atom stereocenters. The molecule has 38 heavy (non-hydrogen) atoms. The summed E-state index contributed by atoms with van der Waals surface area (Å²) in [5.74, 6) is 4.76. The van der Waals surface area contributed by atoms with Crippen molar-refractivity contribution in [2.45, 2.75) is 19.4 Å². The minimum Gasteiger partial charge on any atom is -0.381 e. The van der Waals surface area contributed by atoms with Crippen LogP contribution in [0.25, 0.3) is 28.1 Å². The second kappa shape index (κ2) is 9.79. The van der Waals surface area contributed by atoms with E-state index in [0.29, 0.717) is 25.1 Å². The Bertz CT molecular complexity index is 1450. The number of ether oxygens (including phenoxy) is 2. The maximum Gasteiger partial charge on any atom is 0.241 e. The molecule has 6 heterocycles. The number of likely N-dealkylation sites (tertiary alicyclic amines) is 1. The molecular formula is C27H35N9O2. The van der Waals surface area contributed by atoms with Crippen LogP contribution in [-0.4, -0.2) is 93.6 Å². The highest BCUT2D eigenvalue weighted by Crippen LogP contribution is 2.33. The third-order valence-corrected chi connectivity index (χ3v) is 8.36. The lowest BCUT2D eigenvalue weighted by atomic mass is 9.81. The summed E-state index contributed by atoms with van der Waals surface area (Å²) in [6, 6.07) is 8.08. The molecule has 4 aromatic rings. The normalized spacial score (nSPS) is 19.9. The van der Waals surface area contributed by atoms with Gasteiger partial charge >= 0.3 is 0 Å². The second-order valence-corrected chi connectivity index (χ2v) is 10.6. The van der Waals surface area contributed by atoms with Gasteiger partial charge in [0, 0.05) is 53.5 Å². The van der Waals surface area contributed by atoms with Gasteiger partial charge in [0.05, 0.1) is 30.8 Å². The number of nitrogens with zero attached hydrogens (tertiary/aromatic N) is 8. The first-order chi connectivity index (χ1) is 18.7. The lowest BCUT2D eigenvalue weighted by molar-refractivity contribution is -0.0115. The van der Waals surface area contributed by atoms with Crippen LogP contribution >= 0.6 is 0 Å². The minimum absolute atomic E-state index is 0.593. The van der Waals surface area contributed by atoms with Crippen LogP contribution < -0.4 is 10.2 Å². The topological polar surface area (TPSA) is 98.4 Å². The summed E-state index contributed by atoms with van der Waals surface area (Å²) in [4.78, 5) is 24.9. The van der Waals surface area contributed by atoms with Crippen LogP contribution in [0.1, 0.15) is 18.7 Å². The number of benzene rings is 1. The highest BCUT2D eigenvalue weighted by molar-refractivity contribution is 5.86. The fourth-order valence-corrected chi connectivity index (χ4v) is 6.14. The molecule has 0 atom stereocenters. The Morgan fingerprint density at radius 1 is 0.921 bits per heavy atom. The molecule has 3 aliphatic heterocycles. The summed E-state index contributed by atoms with van der Waals surface area (Å²) < 4.78 is 15.4. The summed E-state index contributed by atoms with van der Waals surface area (Å²) >= 11 is 0. The summed E-state index contributed by atoms with van der Waals surface area (Å²) in [6.45, 7) is 7.83. The van der Waals surface area contributed by atoms with Crippen LogP contribution in [0, 0.1) is 11.8 Å². The Balaban J connectivity index is 1.26. The van der Waals surface area contributed by atoms with E-state index in [1.165, 1.54) is 12.8 Å². The molecule has 3 aliphatic rings. The standard InChI is InChI=1S/C27H35N9O2/c1-28-26-29-20-5-3-4-6-21(20)36(26)27-31-24-23(25(32-27)35-9-13-38-14-10-35)30-22(33(24)2)17-34-15-19(16-34)18-7-11-37-12-8-18/h3-6,18-19H,7-17H2,1-2H3,(H,28,29). The van der Waals surface area contributed by atoms with E-state index in [1.807, 2.05) is 29.8 Å². The van der Waals surface area contributed by atoms with E-state index in [1.54, 1.807) is 0 Å². The molecule has 0 radical (unpaired) electrons. The van der Waals surface area contributed by atoms with Crippen molar-refractivity contribution in [3.8, 4) is 5.95 Å². The summed E-state index contributed by atoms with van der Waals surface area (Å²) in [6.07, 6.45) is 2.40. The number of aryl methyl sites for hydroxylation is 1. The van der Waals surface area contributed by atoms with Crippen molar-refractivity contribution >= 4 is 34.0 Å². The zero-order chi connectivity index (χ0) is 25.6. The van der Waals surface area contributed by atoms with E-state index in [9.17, 15) is 0 Å².